The zero-order valence-corrected chi connectivity index (χ0v) is 17.5. The van der Waals surface area contributed by atoms with E-state index in [1.54, 1.807) is 12.1 Å². The Hall–Kier alpha value is -2.15. The van der Waals surface area contributed by atoms with Crippen LogP contribution in [0.3, 0.4) is 0 Å². The third kappa shape index (κ3) is 5.94. The predicted molar refractivity (Wildman–Crippen MR) is 112 cm³/mol. The number of imide groups is 1. The van der Waals surface area contributed by atoms with Crippen molar-refractivity contribution in [2.24, 2.45) is 11.8 Å². The lowest BCUT2D eigenvalue weighted by molar-refractivity contribution is -0.136. The maximum atomic E-state index is 13.9. The smallest absolute Gasteiger partial charge is 0.229 e. The molecule has 0 bridgehead atoms. The van der Waals surface area contributed by atoms with E-state index in [1.165, 1.54) is 18.9 Å². The molecule has 3 fully saturated rings. The van der Waals surface area contributed by atoms with Gasteiger partial charge in [0.25, 0.3) is 0 Å². The van der Waals surface area contributed by atoms with Crippen molar-refractivity contribution in [3.63, 3.8) is 0 Å². The highest BCUT2D eigenvalue weighted by molar-refractivity contribution is 5.98. The second-order valence-corrected chi connectivity index (χ2v) is 9.18. The number of rotatable bonds is 12. The van der Waals surface area contributed by atoms with Crippen molar-refractivity contribution in [1.29, 1.82) is 0 Å². The molecule has 6 nitrogen and oxygen atoms in total. The summed E-state index contributed by atoms with van der Waals surface area (Å²) in [5.41, 5.74) is 7.59. The normalized spacial score (nSPS) is 22.5. The fourth-order valence-electron chi connectivity index (χ4n) is 4.02. The number of anilines is 1. The average Bonchev–Trinajstić information content (AvgIpc) is 3.64. The Morgan fingerprint density at radius 3 is 2.70 bits per heavy atom. The van der Waals surface area contributed by atoms with Crippen molar-refractivity contribution < 1.29 is 18.7 Å². The zero-order valence-electron chi connectivity index (χ0n) is 17.5. The number of benzene rings is 1. The van der Waals surface area contributed by atoms with Crippen LogP contribution < -0.4 is 20.9 Å². The van der Waals surface area contributed by atoms with E-state index in [-0.39, 0.29) is 29.1 Å². The van der Waals surface area contributed by atoms with Crippen LogP contribution in [0.5, 0.6) is 5.75 Å². The van der Waals surface area contributed by atoms with E-state index in [9.17, 15) is 14.0 Å². The maximum Gasteiger partial charge on any atom is 0.229 e. The van der Waals surface area contributed by atoms with Gasteiger partial charge in [-0.15, -0.1) is 0 Å². The Balaban J connectivity index is 1.14. The summed E-state index contributed by atoms with van der Waals surface area (Å²) in [5.74, 6) is 0.324. The van der Waals surface area contributed by atoms with Gasteiger partial charge in [0.1, 0.15) is 0 Å². The van der Waals surface area contributed by atoms with Crippen LogP contribution in [0.4, 0.5) is 10.1 Å². The third-order valence-electron chi connectivity index (χ3n) is 6.49. The van der Waals surface area contributed by atoms with Crippen molar-refractivity contribution >= 4 is 17.5 Å². The molecule has 7 heteroatoms. The minimum atomic E-state index is -0.321. The van der Waals surface area contributed by atoms with E-state index in [4.69, 9.17) is 4.74 Å². The summed E-state index contributed by atoms with van der Waals surface area (Å²) >= 11 is 0. The number of ether oxygens (including phenoxy) is 1. The number of piperidine rings is 1. The number of hydrogen-bond donors (Lipinski definition) is 3. The number of halogens is 1. The van der Waals surface area contributed by atoms with Crippen LogP contribution in [0, 0.1) is 17.7 Å². The van der Waals surface area contributed by atoms with Gasteiger partial charge in [-0.1, -0.05) is 19.3 Å². The summed E-state index contributed by atoms with van der Waals surface area (Å²) in [6.45, 7) is 0.594. The molecular formula is C23H32FN3O3. The summed E-state index contributed by atoms with van der Waals surface area (Å²) in [7, 11) is 0. The second kappa shape index (κ2) is 9.33. The topological polar surface area (TPSA) is 79.5 Å². The van der Waals surface area contributed by atoms with Gasteiger partial charge in [-0.2, -0.15) is 0 Å². The lowest BCUT2D eigenvalue weighted by Crippen LogP contribution is -2.40. The molecule has 2 aliphatic carbocycles. The first-order chi connectivity index (χ1) is 14.5. The van der Waals surface area contributed by atoms with Crippen LogP contribution in [0.15, 0.2) is 18.2 Å². The molecule has 3 aliphatic rings. The zero-order chi connectivity index (χ0) is 21.0. The molecule has 0 aromatic heterocycles. The molecular weight excluding hydrogens is 385 g/mol. The molecule has 164 valence electrons. The third-order valence-corrected chi connectivity index (χ3v) is 6.49. The summed E-state index contributed by atoms with van der Waals surface area (Å²) in [6.07, 6.45) is 10.9. The van der Waals surface area contributed by atoms with E-state index in [2.05, 4.69) is 16.2 Å². The van der Waals surface area contributed by atoms with Crippen LogP contribution in [-0.2, 0) is 9.59 Å². The molecule has 1 saturated heterocycles. The van der Waals surface area contributed by atoms with Gasteiger partial charge in [0.2, 0.25) is 11.8 Å². The predicted octanol–water partition coefficient (Wildman–Crippen LogP) is 4.07. The van der Waals surface area contributed by atoms with Crippen LogP contribution in [0.2, 0.25) is 0 Å². The van der Waals surface area contributed by atoms with Crippen LogP contribution >= 0.6 is 0 Å². The van der Waals surface area contributed by atoms with Gasteiger partial charge in [0.15, 0.2) is 11.6 Å². The van der Waals surface area contributed by atoms with Crippen molar-refractivity contribution in [1.82, 2.24) is 10.7 Å². The molecule has 2 amide bonds. The van der Waals surface area contributed by atoms with Crippen LogP contribution in [0.25, 0.3) is 0 Å². The summed E-state index contributed by atoms with van der Waals surface area (Å²) in [4.78, 5) is 23.0. The fraction of sp³-hybridized carbons (Fsp3) is 0.652. The van der Waals surface area contributed by atoms with Gasteiger partial charge < -0.3 is 10.2 Å². The second-order valence-electron chi connectivity index (χ2n) is 9.18. The number of carbonyl (C=O) groups is 2. The van der Waals surface area contributed by atoms with Crippen LogP contribution in [0.1, 0.15) is 70.6 Å². The van der Waals surface area contributed by atoms with Crippen molar-refractivity contribution in [3.05, 3.63) is 24.0 Å². The lowest BCUT2D eigenvalue weighted by atomic mass is 9.92. The minimum absolute atomic E-state index is 0.00724. The number of nitrogens with one attached hydrogen (secondary N) is 3. The highest BCUT2D eigenvalue weighted by Crippen LogP contribution is 2.40. The van der Waals surface area contributed by atoms with Crippen LogP contribution in [-0.4, -0.2) is 24.0 Å². The quantitative estimate of drug-likeness (QED) is 0.271. The first-order valence-corrected chi connectivity index (χ1v) is 11.3. The summed E-state index contributed by atoms with van der Waals surface area (Å²) < 4.78 is 19.5. The molecule has 3 N–H and O–H groups in total. The molecule has 4 rings (SSSR count). The molecule has 2 saturated carbocycles. The first-order valence-electron chi connectivity index (χ1n) is 11.3. The standard InChI is InChI=1S/C23H32FN3O3/c24-19-9-8-18(14-20(19)30-15-16-5-6-16)26-27-23(12-13-23)11-3-1-2-4-17-7-10-21(28)25-22(17)29/h8-9,14,16-17,26-27H,1-7,10-13,15H2,(H,25,28,29). The summed E-state index contributed by atoms with van der Waals surface area (Å²) in [6, 6.07) is 4.89. The van der Waals surface area contributed by atoms with Gasteiger partial charge in [0, 0.05) is 23.9 Å². The highest BCUT2D eigenvalue weighted by Gasteiger charge is 2.41. The Labute approximate surface area is 177 Å². The number of carbonyl (C=O) groups excluding carboxylic acids is 2. The maximum absolute atomic E-state index is 13.9. The SMILES string of the molecule is O=C1CCC(CCCCCC2(NNc3ccc(F)c(OCC4CC4)c3)CC2)C(=O)N1. The van der Waals surface area contributed by atoms with Crippen molar-refractivity contribution in [2.45, 2.75) is 76.2 Å². The molecule has 1 heterocycles. The highest BCUT2D eigenvalue weighted by atomic mass is 19.1. The van der Waals surface area contributed by atoms with Gasteiger partial charge in [0.05, 0.1) is 12.3 Å². The van der Waals surface area contributed by atoms with Gasteiger partial charge in [-0.25, -0.2) is 9.82 Å². The number of hydrogen-bond acceptors (Lipinski definition) is 5. The Morgan fingerprint density at radius 1 is 1.13 bits per heavy atom. The molecule has 1 unspecified atom stereocenters. The molecule has 30 heavy (non-hydrogen) atoms. The Bertz CT molecular complexity index is 777. The Morgan fingerprint density at radius 2 is 1.97 bits per heavy atom. The number of amides is 2. The molecule has 0 radical (unpaired) electrons. The largest absolute Gasteiger partial charge is 0.490 e. The van der Waals surface area contributed by atoms with Gasteiger partial charge in [-0.3, -0.25) is 14.9 Å². The van der Waals surface area contributed by atoms with E-state index < -0.39 is 0 Å². The average molecular weight is 418 g/mol. The Kier molecular flexibility index (Phi) is 6.56. The monoisotopic (exact) mass is 417 g/mol. The summed E-state index contributed by atoms with van der Waals surface area (Å²) in [5, 5.41) is 2.43. The molecule has 1 atom stereocenters. The van der Waals surface area contributed by atoms with Gasteiger partial charge in [-0.05, 0) is 63.0 Å². The molecule has 0 spiro atoms. The van der Waals surface area contributed by atoms with E-state index >= 15 is 0 Å². The van der Waals surface area contributed by atoms with Crippen molar-refractivity contribution in [2.75, 3.05) is 12.0 Å². The number of hydrazine groups is 1. The van der Waals surface area contributed by atoms with E-state index in [0.29, 0.717) is 31.1 Å². The van der Waals surface area contributed by atoms with Crippen molar-refractivity contribution in [3.8, 4) is 5.75 Å². The van der Waals surface area contributed by atoms with E-state index in [0.717, 1.165) is 50.6 Å². The fourth-order valence-corrected chi connectivity index (χ4v) is 4.02. The molecule has 1 aliphatic heterocycles. The molecule has 1 aromatic rings. The number of unbranched alkanes of at least 4 members (excludes halogenated alkanes) is 2. The first kappa shape index (κ1) is 21.1. The lowest BCUT2D eigenvalue weighted by Gasteiger charge is -2.21. The minimum Gasteiger partial charge on any atom is -0.490 e. The van der Waals surface area contributed by atoms with E-state index in [1.807, 2.05) is 0 Å². The van der Waals surface area contributed by atoms with Gasteiger partial charge >= 0.3 is 0 Å². The molecule has 1 aromatic carbocycles.